The van der Waals surface area contributed by atoms with Crippen molar-refractivity contribution in [3.8, 4) is 5.75 Å². The van der Waals surface area contributed by atoms with Crippen LogP contribution >= 0.6 is 0 Å². The van der Waals surface area contributed by atoms with Gasteiger partial charge in [0.25, 0.3) is 0 Å². The number of benzene rings is 1. The molecule has 9 heteroatoms. The number of pyridine rings is 1. The van der Waals surface area contributed by atoms with Crippen molar-refractivity contribution in [3.05, 3.63) is 64.1 Å². The number of H-pyrrole nitrogens is 1. The smallest absolute Gasteiger partial charge is 0.411 e. The first-order chi connectivity index (χ1) is 11.5. The molecule has 0 atom stereocenters. The highest BCUT2D eigenvalue weighted by Gasteiger charge is 2.72. The van der Waals surface area contributed by atoms with Crippen LogP contribution in [0.25, 0.3) is 0 Å². The third-order valence-electron chi connectivity index (χ3n) is 3.37. The molecule has 0 aliphatic rings. The maximum absolute atomic E-state index is 13.6. The van der Waals surface area contributed by atoms with Gasteiger partial charge in [-0.1, -0.05) is 32.0 Å². The fourth-order valence-electron chi connectivity index (χ4n) is 2.34. The Hall–Kier alpha value is -2.45. The van der Waals surface area contributed by atoms with E-state index in [1.807, 2.05) is 18.8 Å². The van der Waals surface area contributed by atoms with Crippen LogP contribution in [-0.4, -0.2) is 22.4 Å². The number of aromatic amines is 1. The zero-order valence-corrected chi connectivity index (χ0v) is 13.2. The maximum Gasteiger partial charge on any atom is 0.411 e. The van der Waals surface area contributed by atoms with Crippen LogP contribution in [0.4, 0.5) is 26.3 Å². The van der Waals surface area contributed by atoms with Crippen LogP contribution < -0.4 is 5.56 Å². The minimum absolute atomic E-state index is 0.385. The molecule has 0 spiro atoms. The highest BCUT2D eigenvalue weighted by molar-refractivity contribution is 5.44. The molecule has 0 saturated heterocycles. The van der Waals surface area contributed by atoms with E-state index in [-0.39, 0.29) is 0 Å². The average molecular weight is 367 g/mol. The number of halogens is 6. The quantitative estimate of drug-likeness (QED) is 0.767. The summed E-state index contributed by atoms with van der Waals surface area (Å²) in [5.74, 6) is -0.478. The molecular formula is C16H15F6NO2. The Morgan fingerprint density at radius 2 is 1.24 bits per heavy atom. The fraction of sp³-hybridized carbons (Fsp3) is 0.312. The van der Waals surface area contributed by atoms with Gasteiger partial charge >= 0.3 is 12.4 Å². The van der Waals surface area contributed by atoms with E-state index in [0.29, 0.717) is 30.5 Å². The Balaban J connectivity index is 0.00000151. The van der Waals surface area contributed by atoms with E-state index in [9.17, 15) is 31.1 Å². The number of phenols is 1. The molecule has 0 bridgehead atoms. The van der Waals surface area contributed by atoms with Gasteiger partial charge in [0.15, 0.2) is 0 Å². The van der Waals surface area contributed by atoms with E-state index < -0.39 is 40.2 Å². The lowest BCUT2D eigenvalue weighted by atomic mass is 9.73. The molecule has 0 unspecified atom stereocenters. The SMILES string of the molecule is CC.O=c1ccc(C(c2ccc(O)cc2)(C(F)(F)F)C(F)(F)F)c[nH]1. The summed E-state index contributed by atoms with van der Waals surface area (Å²) in [7, 11) is 0. The van der Waals surface area contributed by atoms with Crippen molar-refractivity contribution in [2.24, 2.45) is 0 Å². The molecule has 1 heterocycles. The number of rotatable bonds is 2. The standard InChI is InChI=1S/C14H9F6NO2.C2H6/c15-13(16,17)12(14(18,19)20,8-1-4-10(22)5-2-8)9-3-6-11(23)21-7-9;1-2/h1-7,22H,(H,21,23);1-2H3. The van der Waals surface area contributed by atoms with Gasteiger partial charge in [-0.2, -0.15) is 26.3 Å². The Morgan fingerprint density at radius 1 is 0.800 bits per heavy atom. The third kappa shape index (κ3) is 3.64. The van der Waals surface area contributed by atoms with E-state index >= 15 is 0 Å². The summed E-state index contributed by atoms with van der Waals surface area (Å²) in [6, 6.07) is 3.61. The van der Waals surface area contributed by atoms with Crippen molar-refractivity contribution in [1.82, 2.24) is 4.98 Å². The normalized spacial score (nSPS) is 12.3. The van der Waals surface area contributed by atoms with Crippen molar-refractivity contribution < 1.29 is 31.4 Å². The van der Waals surface area contributed by atoms with Crippen LogP contribution in [0.1, 0.15) is 25.0 Å². The molecule has 0 aliphatic heterocycles. The largest absolute Gasteiger partial charge is 0.508 e. The van der Waals surface area contributed by atoms with Crippen LogP contribution in [0.5, 0.6) is 5.75 Å². The molecule has 138 valence electrons. The van der Waals surface area contributed by atoms with E-state index in [1.165, 1.54) is 0 Å². The third-order valence-corrected chi connectivity index (χ3v) is 3.37. The molecule has 0 radical (unpaired) electrons. The molecule has 2 aromatic rings. The number of hydrogen-bond donors (Lipinski definition) is 2. The van der Waals surface area contributed by atoms with Crippen LogP contribution in [0, 0.1) is 0 Å². The van der Waals surface area contributed by atoms with E-state index in [2.05, 4.69) is 0 Å². The molecule has 2 N–H and O–H groups in total. The number of aromatic hydroxyl groups is 1. The maximum atomic E-state index is 13.6. The molecule has 25 heavy (non-hydrogen) atoms. The van der Waals surface area contributed by atoms with Gasteiger partial charge < -0.3 is 10.1 Å². The van der Waals surface area contributed by atoms with Gasteiger partial charge in [0, 0.05) is 12.3 Å². The van der Waals surface area contributed by atoms with Gasteiger partial charge in [-0.05, 0) is 23.3 Å². The number of nitrogens with one attached hydrogen (secondary N) is 1. The molecule has 3 nitrogen and oxygen atoms in total. The average Bonchev–Trinajstić information content (AvgIpc) is 2.51. The summed E-state index contributed by atoms with van der Waals surface area (Å²) in [6.07, 6.45) is -11.1. The molecule has 2 rings (SSSR count). The van der Waals surface area contributed by atoms with Crippen LogP contribution in [-0.2, 0) is 5.41 Å². The zero-order valence-electron chi connectivity index (χ0n) is 13.2. The predicted octanol–water partition coefficient (Wildman–Crippen LogP) is 4.52. The van der Waals surface area contributed by atoms with Gasteiger partial charge in [0.05, 0.1) is 0 Å². The highest BCUT2D eigenvalue weighted by Crippen LogP contribution is 2.55. The molecule has 0 fully saturated rings. The Labute approximate surface area is 138 Å². The van der Waals surface area contributed by atoms with Crippen molar-refractivity contribution in [3.63, 3.8) is 0 Å². The lowest BCUT2D eigenvalue weighted by Gasteiger charge is -2.38. The van der Waals surface area contributed by atoms with Crippen molar-refractivity contribution in [1.29, 1.82) is 0 Å². The number of phenolic OH excluding ortho intramolecular Hbond substituents is 1. The predicted molar refractivity (Wildman–Crippen MR) is 79.4 cm³/mol. The summed E-state index contributed by atoms with van der Waals surface area (Å²) in [6.45, 7) is 4.00. The van der Waals surface area contributed by atoms with Gasteiger partial charge in [-0.3, -0.25) is 4.79 Å². The monoisotopic (exact) mass is 367 g/mol. The summed E-state index contributed by atoms with van der Waals surface area (Å²) in [4.78, 5) is 12.8. The number of alkyl halides is 6. The van der Waals surface area contributed by atoms with Crippen LogP contribution in [0.2, 0.25) is 0 Å². The first kappa shape index (κ1) is 20.6. The van der Waals surface area contributed by atoms with Gasteiger partial charge in [-0.25, -0.2) is 0 Å². The fourth-order valence-corrected chi connectivity index (χ4v) is 2.34. The van der Waals surface area contributed by atoms with Crippen molar-refractivity contribution in [2.45, 2.75) is 31.6 Å². The van der Waals surface area contributed by atoms with Crippen molar-refractivity contribution >= 4 is 0 Å². The Morgan fingerprint density at radius 3 is 1.60 bits per heavy atom. The molecule has 1 aromatic carbocycles. The van der Waals surface area contributed by atoms with Gasteiger partial charge in [0.2, 0.25) is 11.0 Å². The first-order valence-corrected chi connectivity index (χ1v) is 7.12. The van der Waals surface area contributed by atoms with Crippen molar-refractivity contribution in [2.75, 3.05) is 0 Å². The summed E-state index contributed by atoms with van der Waals surface area (Å²) >= 11 is 0. The minimum atomic E-state index is -5.74. The first-order valence-electron chi connectivity index (χ1n) is 7.12. The minimum Gasteiger partial charge on any atom is -0.508 e. The Bertz CT molecular complexity index is 712. The van der Waals surface area contributed by atoms with Crippen LogP contribution in [0.3, 0.4) is 0 Å². The van der Waals surface area contributed by atoms with E-state index in [4.69, 9.17) is 5.11 Å². The summed E-state index contributed by atoms with van der Waals surface area (Å²) in [5.41, 5.74) is -7.47. The summed E-state index contributed by atoms with van der Waals surface area (Å²) < 4.78 is 81.4. The Kier molecular flexibility index (Phi) is 5.93. The highest BCUT2D eigenvalue weighted by atomic mass is 19.4. The second-order valence-electron chi connectivity index (χ2n) is 4.73. The zero-order chi connectivity index (χ0) is 19.5. The topological polar surface area (TPSA) is 53.1 Å². The lowest BCUT2D eigenvalue weighted by Crippen LogP contribution is -2.55. The second-order valence-corrected chi connectivity index (χ2v) is 4.73. The second kappa shape index (κ2) is 7.20. The number of aromatic nitrogens is 1. The van der Waals surface area contributed by atoms with Crippen LogP contribution in [0.15, 0.2) is 47.4 Å². The number of hydrogen-bond acceptors (Lipinski definition) is 2. The molecule has 0 aliphatic carbocycles. The van der Waals surface area contributed by atoms with Gasteiger partial charge in [-0.15, -0.1) is 0 Å². The molecule has 0 saturated carbocycles. The van der Waals surface area contributed by atoms with Gasteiger partial charge in [0.1, 0.15) is 5.75 Å². The molecular weight excluding hydrogens is 352 g/mol. The van der Waals surface area contributed by atoms with E-state index in [0.717, 1.165) is 12.1 Å². The molecule has 0 amide bonds. The summed E-state index contributed by atoms with van der Waals surface area (Å²) in [5, 5.41) is 9.12. The lowest BCUT2D eigenvalue weighted by molar-refractivity contribution is -0.288. The molecule has 1 aromatic heterocycles. The van der Waals surface area contributed by atoms with E-state index in [1.54, 1.807) is 0 Å².